The van der Waals surface area contributed by atoms with Crippen molar-refractivity contribution in [3.63, 3.8) is 0 Å². The molecule has 1 aromatic carbocycles. The van der Waals surface area contributed by atoms with Crippen LogP contribution in [-0.4, -0.2) is 38.0 Å². The summed E-state index contributed by atoms with van der Waals surface area (Å²) in [6, 6.07) is 5.47. The second kappa shape index (κ2) is 6.11. The summed E-state index contributed by atoms with van der Waals surface area (Å²) in [4.78, 5) is 25.0. The SMILES string of the molecule is O=C1COCC2=C1C(c1ccc(Cl)c(Br)c1)C1=C(COCC1=O)N2. The molecule has 0 spiro atoms. The van der Waals surface area contributed by atoms with E-state index in [1.807, 2.05) is 12.1 Å². The van der Waals surface area contributed by atoms with Crippen LogP contribution in [0.1, 0.15) is 11.5 Å². The van der Waals surface area contributed by atoms with Crippen LogP contribution in [0.2, 0.25) is 5.02 Å². The number of nitrogens with one attached hydrogen (secondary N) is 1. The van der Waals surface area contributed by atoms with Crippen molar-refractivity contribution in [2.45, 2.75) is 5.92 Å². The zero-order valence-corrected chi connectivity index (χ0v) is 14.9. The van der Waals surface area contributed by atoms with E-state index in [2.05, 4.69) is 21.2 Å². The molecule has 3 heterocycles. The highest BCUT2D eigenvalue weighted by Crippen LogP contribution is 2.42. The Labute approximate surface area is 151 Å². The second-order valence-corrected chi connectivity index (χ2v) is 7.11. The van der Waals surface area contributed by atoms with E-state index in [4.69, 9.17) is 21.1 Å². The van der Waals surface area contributed by atoms with E-state index in [9.17, 15) is 9.59 Å². The molecule has 0 radical (unpaired) electrons. The summed E-state index contributed by atoms with van der Waals surface area (Å²) in [6.07, 6.45) is 0. The van der Waals surface area contributed by atoms with E-state index < -0.39 is 5.92 Å². The van der Waals surface area contributed by atoms with Crippen molar-refractivity contribution in [2.24, 2.45) is 0 Å². The number of rotatable bonds is 1. The number of carbonyl (C=O) groups excluding carboxylic acids is 2. The number of hydrogen-bond acceptors (Lipinski definition) is 5. The third-order valence-corrected chi connectivity index (χ3v) is 5.58. The van der Waals surface area contributed by atoms with E-state index >= 15 is 0 Å². The van der Waals surface area contributed by atoms with Crippen molar-refractivity contribution < 1.29 is 19.1 Å². The number of ketones is 2. The molecule has 0 saturated heterocycles. The van der Waals surface area contributed by atoms with Gasteiger partial charge in [-0.3, -0.25) is 9.59 Å². The van der Waals surface area contributed by atoms with Gasteiger partial charge >= 0.3 is 0 Å². The number of dihydropyridines is 1. The molecule has 0 aromatic heterocycles. The molecule has 0 fully saturated rings. The van der Waals surface area contributed by atoms with Gasteiger partial charge < -0.3 is 14.8 Å². The first-order valence-electron chi connectivity index (χ1n) is 7.46. The molecule has 3 aliphatic heterocycles. The van der Waals surface area contributed by atoms with Crippen molar-refractivity contribution in [1.29, 1.82) is 0 Å². The first-order valence-corrected chi connectivity index (χ1v) is 8.63. The Bertz CT molecular complexity index is 788. The van der Waals surface area contributed by atoms with Crippen LogP contribution in [0.3, 0.4) is 0 Å². The molecular formula is C17H13BrClNO4. The van der Waals surface area contributed by atoms with Crippen molar-refractivity contribution >= 4 is 39.1 Å². The lowest BCUT2D eigenvalue weighted by Gasteiger charge is -2.36. The molecule has 0 unspecified atom stereocenters. The number of ether oxygens (including phenoxy) is 2. The van der Waals surface area contributed by atoms with Gasteiger partial charge in [0, 0.05) is 32.9 Å². The monoisotopic (exact) mass is 409 g/mol. The Morgan fingerprint density at radius 2 is 1.58 bits per heavy atom. The maximum atomic E-state index is 12.5. The molecule has 0 atom stereocenters. The molecule has 5 nitrogen and oxygen atoms in total. The highest BCUT2D eigenvalue weighted by atomic mass is 79.9. The first-order chi connectivity index (χ1) is 11.6. The highest BCUT2D eigenvalue weighted by molar-refractivity contribution is 9.10. The van der Waals surface area contributed by atoms with E-state index in [0.29, 0.717) is 40.8 Å². The molecule has 124 valence electrons. The summed E-state index contributed by atoms with van der Waals surface area (Å²) in [6.45, 7) is 0.687. The quantitative estimate of drug-likeness (QED) is 0.771. The average Bonchev–Trinajstić information content (AvgIpc) is 2.56. The Balaban J connectivity index is 1.92. The van der Waals surface area contributed by atoms with Gasteiger partial charge in [-0.1, -0.05) is 17.7 Å². The van der Waals surface area contributed by atoms with Crippen molar-refractivity contribution in [3.05, 3.63) is 55.8 Å². The van der Waals surface area contributed by atoms with Gasteiger partial charge in [-0.2, -0.15) is 0 Å². The van der Waals surface area contributed by atoms with Crippen LogP contribution < -0.4 is 5.32 Å². The molecule has 0 amide bonds. The summed E-state index contributed by atoms with van der Waals surface area (Å²) in [5.74, 6) is -0.631. The topological polar surface area (TPSA) is 64.6 Å². The predicted octanol–water partition coefficient (Wildman–Crippen LogP) is 2.50. The Kier molecular flexibility index (Phi) is 4.08. The number of benzene rings is 1. The third kappa shape index (κ3) is 2.54. The van der Waals surface area contributed by atoms with E-state index in [-0.39, 0.29) is 24.8 Å². The second-order valence-electron chi connectivity index (χ2n) is 5.85. The molecule has 7 heteroatoms. The van der Waals surface area contributed by atoms with Crippen LogP contribution in [0.15, 0.2) is 45.2 Å². The van der Waals surface area contributed by atoms with Crippen molar-refractivity contribution in [2.75, 3.05) is 26.4 Å². The Morgan fingerprint density at radius 3 is 2.12 bits per heavy atom. The molecule has 0 aliphatic carbocycles. The first kappa shape index (κ1) is 16.0. The minimum atomic E-state index is -0.419. The van der Waals surface area contributed by atoms with Gasteiger partial charge in [0.05, 0.1) is 18.2 Å². The molecular weight excluding hydrogens is 398 g/mol. The minimum absolute atomic E-state index is 0.0269. The lowest BCUT2D eigenvalue weighted by Crippen LogP contribution is -2.42. The van der Waals surface area contributed by atoms with Crippen LogP contribution in [0.4, 0.5) is 0 Å². The lowest BCUT2D eigenvalue weighted by molar-refractivity contribution is -0.122. The lowest BCUT2D eigenvalue weighted by atomic mass is 9.76. The standard InChI is InChI=1S/C17H13BrClNO4/c18-9-3-8(1-2-10(9)19)15-16-11(4-23-6-13(16)21)20-12-5-24-7-14(22)17(12)15/h1-3,15,20H,4-7H2. The van der Waals surface area contributed by atoms with Crippen LogP contribution in [-0.2, 0) is 19.1 Å². The van der Waals surface area contributed by atoms with Crippen LogP contribution in [0, 0.1) is 0 Å². The fourth-order valence-electron chi connectivity index (χ4n) is 3.37. The number of hydrogen-bond donors (Lipinski definition) is 1. The van der Waals surface area contributed by atoms with Gasteiger partial charge in [0.2, 0.25) is 0 Å². The minimum Gasteiger partial charge on any atom is -0.367 e. The Morgan fingerprint density at radius 1 is 1.00 bits per heavy atom. The zero-order valence-electron chi connectivity index (χ0n) is 12.5. The molecule has 1 aromatic rings. The molecule has 4 rings (SSSR count). The van der Waals surface area contributed by atoms with Crippen LogP contribution >= 0.6 is 27.5 Å². The van der Waals surface area contributed by atoms with E-state index in [1.54, 1.807) is 6.07 Å². The summed E-state index contributed by atoms with van der Waals surface area (Å²) in [5, 5.41) is 3.75. The fraction of sp³-hybridized carbons (Fsp3) is 0.294. The van der Waals surface area contributed by atoms with Gasteiger partial charge in [-0.25, -0.2) is 0 Å². The van der Waals surface area contributed by atoms with Crippen molar-refractivity contribution in [1.82, 2.24) is 5.32 Å². The third-order valence-electron chi connectivity index (χ3n) is 4.37. The van der Waals surface area contributed by atoms with Gasteiger partial charge in [-0.15, -0.1) is 0 Å². The smallest absolute Gasteiger partial charge is 0.187 e. The summed E-state index contributed by atoms with van der Waals surface area (Å²) in [5.41, 5.74) is 3.46. The van der Waals surface area contributed by atoms with Crippen LogP contribution in [0.5, 0.6) is 0 Å². The number of halogens is 2. The Hall–Kier alpha value is -1.47. The molecule has 24 heavy (non-hydrogen) atoms. The van der Waals surface area contributed by atoms with E-state index in [1.165, 1.54) is 0 Å². The highest BCUT2D eigenvalue weighted by Gasteiger charge is 2.41. The normalized spacial score (nSPS) is 21.6. The van der Waals surface area contributed by atoms with Gasteiger partial charge in [0.15, 0.2) is 11.6 Å². The predicted molar refractivity (Wildman–Crippen MR) is 90.7 cm³/mol. The number of carbonyl (C=O) groups is 2. The van der Waals surface area contributed by atoms with E-state index in [0.717, 1.165) is 10.0 Å². The summed E-state index contributed by atoms with van der Waals surface area (Å²) in [7, 11) is 0. The molecule has 0 saturated carbocycles. The van der Waals surface area contributed by atoms with Crippen molar-refractivity contribution in [3.8, 4) is 0 Å². The zero-order chi connectivity index (χ0) is 16.8. The van der Waals surface area contributed by atoms with Gasteiger partial charge in [0.1, 0.15) is 13.2 Å². The average molecular weight is 411 g/mol. The maximum Gasteiger partial charge on any atom is 0.187 e. The number of Topliss-reactive ketones (excluding diaryl/α,β-unsaturated/α-hetero) is 2. The molecule has 1 N–H and O–H groups in total. The van der Waals surface area contributed by atoms with Gasteiger partial charge in [-0.05, 0) is 33.6 Å². The maximum absolute atomic E-state index is 12.5. The summed E-state index contributed by atoms with van der Waals surface area (Å²) >= 11 is 9.51. The van der Waals surface area contributed by atoms with Gasteiger partial charge in [0.25, 0.3) is 0 Å². The summed E-state index contributed by atoms with van der Waals surface area (Å²) < 4.78 is 11.4. The largest absolute Gasteiger partial charge is 0.367 e. The fourth-order valence-corrected chi connectivity index (χ4v) is 3.88. The molecule has 0 bridgehead atoms. The molecule has 3 aliphatic rings. The van der Waals surface area contributed by atoms with Crippen LogP contribution in [0.25, 0.3) is 0 Å².